The molecule has 1 aliphatic heterocycles. The van der Waals surface area contributed by atoms with Crippen LogP contribution in [-0.2, 0) is 13.8 Å². The van der Waals surface area contributed by atoms with Gasteiger partial charge in [0.2, 0.25) is 15.0 Å². The van der Waals surface area contributed by atoms with Gasteiger partial charge in [0.1, 0.15) is 0 Å². The number of likely N-dealkylation sites (tertiary alicyclic amines) is 1. The molecule has 0 aliphatic carbocycles. The van der Waals surface area contributed by atoms with Crippen molar-refractivity contribution >= 4 is 48.8 Å². The predicted octanol–water partition coefficient (Wildman–Crippen LogP) is 3.47. The molecule has 0 aromatic heterocycles. The standard InChI is InChI=1S/C13H14Cl3NO3S/c1-8(11-3-2-10(14)5-12(11)15)17-6-9(4-13(17)18)7-21(16,19)20/h2-3,5,8-9H,4,6-7H2,1H3. The van der Waals surface area contributed by atoms with Crippen LogP contribution >= 0.6 is 33.9 Å². The number of hydrogen-bond donors (Lipinski definition) is 0. The van der Waals surface area contributed by atoms with Crippen LogP contribution in [0.5, 0.6) is 0 Å². The minimum atomic E-state index is -3.61. The highest BCUT2D eigenvalue weighted by Gasteiger charge is 2.35. The molecule has 0 saturated carbocycles. The molecule has 4 nitrogen and oxygen atoms in total. The molecule has 2 unspecified atom stereocenters. The molecule has 8 heteroatoms. The highest BCUT2D eigenvalue weighted by atomic mass is 35.7. The molecule has 1 aromatic carbocycles. The van der Waals surface area contributed by atoms with Crippen LogP contribution in [0.4, 0.5) is 0 Å². The van der Waals surface area contributed by atoms with Gasteiger partial charge < -0.3 is 4.90 Å². The fourth-order valence-corrected chi connectivity index (χ4v) is 4.47. The van der Waals surface area contributed by atoms with Crippen molar-refractivity contribution in [1.29, 1.82) is 0 Å². The monoisotopic (exact) mass is 369 g/mol. The van der Waals surface area contributed by atoms with Crippen LogP contribution in [0, 0.1) is 5.92 Å². The van der Waals surface area contributed by atoms with Gasteiger partial charge in [-0.05, 0) is 24.6 Å². The Labute approximate surface area is 138 Å². The minimum Gasteiger partial charge on any atom is -0.336 e. The van der Waals surface area contributed by atoms with Crippen molar-refractivity contribution in [2.75, 3.05) is 12.3 Å². The van der Waals surface area contributed by atoms with Crippen molar-refractivity contribution in [3.8, 4) is 0 Å². The Hall–Kier alpha value is -0.490. The molecule has 1 aromatic rings. The summed E-state index contributed by atoms with van der Waals surface area (Å²) in [5.41, 5.74) is 0.781. The average Bonchev–Trinajstić information content (AvgIpc) is 2.66. The van der Waals surface area contributed by atoms with Crippen molar-refractivity contribution in [2.45, 2.75) is 19.4 Å². The Kier molecular flexibility index (Phi) is 5.08. The number of nitrogens with zero attached hydrogens (tertiary/aromatic N) is 1. The molecule has 1 fully saturated rings. The van der Waals surface area contributed by atoms with E-state index in [1.54, 1.807) is 23.1 Å². The summed E-state index contributed by atoms with van der Waals surface area (Å²) in [4.78, 5) is 13.7. The van der Waals surface area contributed by atoms with Gasteiger partial charge in [0.05, 0.1) is 11.8 Å². The maximum atomic E-state index is 12.1. The van der Waals surface area contributed by atoms with E-state index in [9.17, 15) is 13.2 Å². The number of amides is 1. The fourth-order valence-electron chi connectivity index (χ4n) is 2.58. The van der Waals surface area contributed by atoms with Crippen molar-refractivity contribution in [1.82, 2.24) is 4.90 Å². The third-order valence-corrected chi connectivity index (χ3v) is 5.36. The minimum absolute atomic E-state index is 0.0983. The Balaban J connectivity index is 2.16. The Morgan fingerprint density at radius 2 is 2.05 bits per heavy atom. The lowest BCUT2D eigenvalue weighted by Gasteiger charge is -2.26. The fraction of sp³-hybridized carbons (Fsp3) is 0.462. The second kappa shape index (κ2) is 6.32. The Morgan fingerprint density at radius 1 is 1.38 bits per heavy atom. The second-order valence-corrected chi connectivity index (χ2v) is 8.83. The molecular formula is C13H14Cl3NO3S. The first-order valence-corrected chi connectivity index (χ1v) is 9.57. The molecule has 1 amide bonds. The first-order valence-electron chi connectivity index (χ1n) is 6.34. The molecule has 1 aliphatic rings. The number of rotatable bonds is 4. The van der Waals surface area contributed by atoms with Gasteiger partial charge in [-0.1, -0.05) is 29.3 Å². The molecule has 2 atom stereocenters. The maximum Gasteiger partial charge on any atom is 0.232 e. The Morgan fingerprint density at radius 3 is 2.62 bits per heavy atom. The van der Waals surface area contributed by atoms with Crippen LogP contribution in [0.1, 0.15) is 24.9 Å². The topological polar surface area (TPSA) is 54.5 Å². The quantitative estimate of drug-likeness (QED) is 0.763. The van der Waals surface area contributed by atoms with E-state index in [4.69, 9.17) is 33.9 Å². The molecular weight excluding hydrogens is 357 g/mol. The van der Waals surface area contributed by atoms with E-state index in [-0.39, 0.29) is 30.0 Å². The molecule has 0 spiro atoms. The Bertz CT molecular complexity index is 663. The van der Waals surface area contributed by atoms with Gasteiger partial charge in [-0.3, -0.25) is 4.79 Å². The molecule has 2 rings (SSSR count). The van der Waals surface area contributed by atoms with E-state index in [1.165, 1.54) is 0 Å². The van der Waals surface area contributed by atoms with Gasteiger partial charge in [-0.15, -0.1) is 0 Å². The van der Waals surface area contributed by atoms with Crippen molar-refractivity contribution < 1.29 is 13.2 Å². The van der Waals surface area contributed by atoms with Gasteiger partial charge >= 0.3 is 0 Å². The van der Waals surface area contributed by atoms with Gasteiger partial charge in [0.15, 0.2) is 0 Å². The van der Waals surface area contributed by atoms with Crippen molar-refractivity contribution in [3.63, 3.8) is 0 Å². The lowest BCUT2D eigenvalue weighted by Crippen LogP contribution is -2.29. The molecule has 0 bridgehead atoms. The zero-order valence-corrected chi connectivity index (χ0v) is 14.3. The summed E-state index contributed by atoms with van der Waals surface area (Å²) in [6.07, 6.45) is 0.182. The van der Waals surface area contributed by atoms with E-state index in [2.05, 4.69) is 0 Å². The lowest BCUT2D eigenvalue weighted by molar-refractivity contribution is -0.129. The van der Waals surface area contributed by atoms with Crippen LogP contribution in [0.15, 0.2) is 18.2 Å². The third-order valence-electron chi connectivity index (χ3n) is 3.55. The van der Waals surface area contributed by atoms with Gasteiger partial charge in [0, 0.05) is 39.6 Å². The summed E-state index contributed by atoms with van der Waals surface area (Å²) in [5.74, 6) is -0.579. The van der Waals surface area contributed by atoms with Crippen LogP contribution < -0.4 is 0 Å². The zero-order chi connectivity index (χ0) is 15.8. The highest BCUT2D eigenvalue weighted by molar-refractivity contribution is 8.13. The normalized spacial score (nSPS) is 20.9. The van der Waals surface area contributed by atoms with Crippen molar-refractivity contribution in [2.24, 2.45) is 5.92 Å². The molecule has 0 N–H and O–H groups in total. The SMILES string of the molecule is CC(c1ccc(Cl)cc1Cl)N1CC(CS(=O)(=O)Cl)CC1=O. The summed E-state index contributed by atoms with van der Waals surface area (Å²) in [6.45, 7) is 2.20. The summed E-state index contributed by atoms with van der Waals surface area (Å²) < 4.78 is 22.3. The lowest BCUT2D eigenvalue weighted by atomic mass is 10.1. The third kappa shape index (κ3) is 4.25. The van der Waals surface area contributed by atoms with E-state index >= 15 is 0 Å². The average molecular weight is 371 g/mol. The molecule has 1 heterocycles. The van der Waals surface area contributed by atoms with Crippen LogP contribution in [0.3, 0.4) is 0 Å². The number of hydrogen-bond acceptors (Lipinski definition) is 3. The van der Waals surface area contributed by atoms with Gasteiger partial charge in [0.25, 0.3) is 0 Å². The predicted molar refractivity (Wildman–Crippen MR) is 84.3 cm³/mol. The zero-order valence-electron chi connectivity index (χ0n) is 11.2. The number of carbonyl (C=O) groups excluding carboxylic acids is 1. The summed E-state index contributed by atoms with van der Waals surface area (Å²) >= 11 is 12.0. The van der Waals surface area contributed by atoms with Crippen LogP contribution in [0.2, 0.25) is 10.0 Å². The first-order chi connectivity index (χ1) is 9.67. The number of benzene rings is 1. The maximum absolute atomic E-state index is 12.1. The highest BCUT2D eigenvalue weighted by Crippen LogP contribution is 2.34. The largest absolute Gasteiger partial charge is 0.336 e. The molecule has 0 radical (unpaired) electrons. The summed E-state index contributed by atoms with van der Waals surface area (Å²) in [7, 11) is 1.65. The van der Waals surface area contributed by atoms with Gasteiger partial charge in [-0.25, -0.2) is 8.42 Å². The first kappa shape index (κ1) is 16.9. The number of carbonyl (C=O) groups is 1. The van der Waals surface area contributed by atoms with Gasteiger partial charge in [-0.2, -0.15) is 0 Å². The number of halogens is 3. The van der Waals surface area contributed by atoms with E-state index < -0.39 is 9.05 Å². The second-order valence-electron chi connectivity index (χ2n) is 5.16. The van der Waals surface area contributed by atoms with Crippen molar-refractivity contribution in [3.05, 3.63) is 33.8 Å². The molecule has 116 valence electrons. The molecule has 21 heavy (non-hydrogen) atoms. The van der Waals surface area contributed by atoms with Crippen LogP contribution in [0.25, 0.3) is 0 Å². The van der Waals surface area contributed by atoms with Crippen LogP contribution in [-0.4, -0.2) is 31.5 Å². The van der Waals surface area contributed by atoms with E-state index in [0.29, 0.717) is 16.6 Å². The molecule has 1 saturated heterocycles. The van der Waals surface area contributed by atoms with E-state index in [1.807, 2.05) is 6.92 Å². The smallest absolute Gasteiger partial charge is 0.232 e. The summed E-state index contributed by atoms with van der Waals surface area (Å²) in [6, 6.07) is 4.86. The van der Waals surface area contributed by atoms with E-state index in [0.717, 1.165) is 5.56 Å². The summed E-state index contributed by atoms with van der Waals surface area (Å²) in [5, 5.41) is 1.01.